The normalized spacial score (nSPS) is 22.5. The SMILES string of the molecule is CC1(C(=O)O)CCN(C(=O)Cn2cccnc2=O)C1. The minimum atomic E-state index is -0.902. The molecule has 1 aliphatic rings. The first-order chi connectivity index (χ1) is 8.92. The molecular weight excluding hydrogens is 250 g/mol. The van der Waals surface area contributed by atoms with Gasteiger partial charge in [-0.1, -0.05) is 0 Å². The predicted molar refractivity (Wildman–Crippen MR) is 65.4 cm³/mol. The number of carboxylic acids is 1. The van der Waals surface area contributed by atoms with Gasteiger partial charge in [-0.3, -0.25) is 14.2 Å². The molecule has 0 spiro atoms. The van der Waals surface area contributed by atoms with E-state index in [2.05, 4.69) is 4.98 Å². The van der Waals surface area contributed by atoms with Gasteiger partial charge in [0.1, 0.15) is 6.54 Å². The smallest absolute Gasteiger partial charge is 0.347 e. The van der Waals surface area contributed by atoms with Crippen LogP contribution in [0, 0.1) is 5.41 Å². The van der Waals surface area contributed by atoms with Crippen LogP contribution in [0.25, 0.3) is 0 Å². The Labute approximate surface area is 109 Å². The number of carbonyl (C=O) groups is 2. The Morgan fingerprint density at radius 3 is 2.84 bits per heavy atom. The summed E-state index contributed by atoms with van der Waals surface area (Å²) in [6.07, 6.45) is 3.27. The molecule has 1 amide bonds. The Kier molecular flexibility index (Phi) is 3.37. The molecule has 102 valence electrons. The molecule has 1 aromatic rings. The number of hydrogen-bond donors (Lipinski definition) is 1. The van der Waals surface area contributed by atoms with Crippen molar-refractivity contribution in [3.8, 4) is 0 Å². The van der Waals surface area contributed by atoms with Gasteiger partial charge in [0.15, 0.2) is 0 Å². The van der Waals surface area contributed by atoms with Gasteiger partial charge < -0.3 is 10.0 Å². The average Bonchev–Trinajstić information content (AvgIpc) is 2.76. The van der Waals surface area contributed by atoms with Crippen LogP contribution in [-0.4, -0.2) is 44.5 Å². The average molecular weight is 265 g/mol. The van der Waals surface area contributed by atoms with Crippen LogP contribution in [0.4, 0.5) is 0 Å². The summed E-state index contributed by atoms with van der Waals surface area (Å²) in [6, 6.07) is 1.57. The second-order valence-electron chi connectivity index (χ2n) is 4.96. The second kappa shape index (κ2) is 4.83. The van der Waals surface area contributed by atoms with E-state index in [0.717, 1.165) is 0 Å². The van der Waals surface area contributed by atoms with Crippen molar-refractivity contribution in [2.45, 2.75) is 19.9 Å². The lowest BCUT2D eigenvalue weighted by Gasteiger charge is -2.20. The minimum absolute atomic E-state index is 0.109. The Bertz CT molecular complexity index is 568. The maximum atomic E-state index is 12.0. The Morgan fingerprint density at radius 2 is 2.26 bits per heavy atom. The molecule has 1 fully saturated rings. The van der Waals surface area contributed by atoms with E-state index in [1.54, 1.807) is 13.0 Å². The number of carboxylic acid groups (broad SMARTS) is 1. The van der Waals surface area contributed by atoms with Crippen molar-refractivity contribution in [2.75, 3.05) is 13.1 Å². The molecule has 0 radical (unpaired) electrons. The number of aliphatic carboxylic acids is 1. The van der Waals surface area contributed by atoms with Gasteiger partial charge in [-0.2, -0.15) is 0 Å². The van der Waals surface area contributed by atoms with Crippen LogP contribution < -0.4 is 5.69 Å². The summed E-state index contributed by atoms with van der Waals surface area (Å²) in [4.78, 5) is 39.6. The number of hydrogen-bond acceptors (Lipinski definition) is 4. The predicted octanol–water partition coefficient (Wildman–Crippen LogP) is -0.434. The van der Waals surface area contributed by atoms with Crippen LogP contribution in [0.5, 0.6) is 0 Å². The minimum Gasteiger partial charge on any atom is -0.481 e. The Hall–Kier alpha value is -2.18. The van der Waals surface area contributed by atoms with E-state index in [1.165, 1.54) is 21.9 Å². The van der Waals surface area contributed by atoms with Crippen LogP contribution in [0.2, 0.25) is 0 Å². The number of amides is 1. The quantitative estimate of drug-likeness (QED) is 0.800. The van der Waals surface area contributed by atoms with E-state index in [-0.39, 0.29) is 19.0 Å². The van der Waals surface area contributed by atoms with E-state index in [0.29, 0.717) is 13.0 Å². The summed E-state index contributed by atoms with van der Waals surface area (Å²) in [6.45, 7) is 2.09. The molecule has 2 rings (SSSR count). The zero-order chi connectivity index (χ0) is 14.0. The van der Waals surface area contributed by atoms with Gasteiger partial charge in [-0.15, -0.1) is 0 Å². The standard InChI is InChI=1S/C12H15N3O4/c1-12(10(17)18)3-6-15(8-12)9(16)7-14-5-2-4-13-11(14)19/h2,4-5H,3,6-8H2,1H3,(H,17,18). The van der Waals surface area contributed by atoms with Crippen molar-refractivity contribution in [1.29, 1.82) is 0 Å². The molecule has 1 N–H and O–H groups in total. The summed E-state index contributed by atoms with van der Waals surface area (Å²) in [5.41, 5.74) is -1.38. The van der Waals surface area contributed by atoms with Crippen LogP contribution >= 0.6 is 0 Å². The molecular formula is C12H15N3O4. The fourth-order valence-corrected chi connectivity index (χ4v) is 2.10. The van der Waals surface area contributed by atoms with Crippen molar-refractivity contribution in [2.24, 2.45) is 5.41 Å². The molecule has 1 unspecified atom stereocenters. The molecule has 7 nitrogen and oxygen atoms in total. The zero-order valence-electron chi connectivity index (χ0n) is 10.6. The first-order valence-corrected chi connectivity index (χ1v) is 5.95. The van der Waals surface area contributed by atoms with Gasteiger partial charge in [0.05, 0.1) is 5.41 Å². The first-order valence-electron chi connectivity index (χ1n) is 5.95. The summed E-state index contributed by atoms with van der Waals surface area (Å²) in [5, 5.41) is 9.10. The van der Waals surface area contributed by atoms with Crippen molar-refractivity contribution >= 4 is 11.9 Å². The molecule has 2 heterocycles. The highest BCUT2D eigenvalue weighted by atomic mass is 16.4. The maximum absolute atomic E-state index is 12.0. The van der Waals surface area contributed by atoms with Crippen molar-refractivity contribution in [1.82, 2.24) is 14.5 Å². The molecule has 1 atom stereocenters. The summed E-state index contributed by atoms with van der Waals surface area (Å²) >= 11 is 0. The Balaban J connectivity index is 2.05. The number of aromatic nitrogens is 2. The van der Waals surface area contributed by atoms with E-state index < -0.39 is 17.1 Å². The topological polar surface area (TPSA) is 92.5 Å². The molecule has 0 saturated carbocycles. The molecule has 7 heteroatoms. The highest BCUT2D eigenvalue weighted by Gasteiger charge is 2.41. The number of nitrogens with zero attached hydrogens (tertiary/aromatic N) is 3. The molecule has 0 bridgehead atoms. The molecule has 19 heavy (non-hydrogen) atoms. The van der Waals surface area contributed by atoms with Crippen LogP contribution in [0.15, 0.2) is 23.3 Å². The molecule has 0 aromatic carbocycles. The van der Waals surface area contributed by atoms with Gasteiger partial charge in [-0.05, 0) is 19.4 Å². The maximum Gasteiger partial charge on any atom is 0.347 e. The lowest BCUT2D eigenvalue weighted by Crippen LogP contribution is -2.38. The van der Waals surface area contributed by atoms with Crippen LogP contribution in [0.3, 0.4) is 0 Å². The molecule has 1 aliphatic heterocycles. The third kappa shape index (κ3) is 2.64. The van der Waals surface area contributed by atoms with E-state index in [9.17, 15) is 14.4 Å². The van der Waals surface area contributed by atoms with E-state index in [1.807, 2.05) is 0 Å². The van der Waals surface area contributed by atoms with Gasteiger partial charge in [0, 0.05) is 25.5 Å². The zero-order valence-corrected chi connectivity index (χ0v) is 10.6. The molecule has 0 aliphatic carbocycles. The number of carbonyl (C=O) groups excluding carboxylic acids is 1. The van der Waals surface area contributed by atoms with E-state index >= 15 is 0 Å². The first kappa shape index (κ1) is 13.3. The largest absolute Gasteiger partial charge is 0.481 e. The number of likely N-dealkylation sites (tertiary alicyclic amines) is 1. The van der Waals surface area contributed by atoms with Crippen LogP contribution in [0.1, 0.15) is 13.3 Å². The van der Waals surface area contributed by atoms with Gasteiger partial charge >= 0.3 is 11.7 Å². The molecule has 1 saturated heterocycles. The summed E-state index contributed by atoms with van der Waals surface area (Å²) in [7, 11) is 0. The van der Waals surface area contributed by atoms with Gasteiger partial charge in [0.25, 0.3) is 0 Å². The van der Waals surface area contributed by atoms with Crippen molar-refractivity contribution in [3.05, 3.63) is 28.9 Å². The fourth-order valence-electron chi connectivity index (χ4n) is 2.10. The lowest BCUT2D eigenvalue weighted by atomic mass is 9.90. The van der Waals surface area contributed by atoms with Crippen molar-refractivity contribution in [3.63, 3.8) is 0 Å². The van der Waals surface area contributed by atoms with Gasteiger partial charge in [-0.25, -0.2) is 9.78 Å². The van der Waals surface area contributed by atoms with Gasteiger partial charge in [0.2, 0.25) is 5.91 Å². The third-order valence-corrected chi connectivity index (χ3v) is 3.43. The van der Waals surface area contributed by atoms with E-state index in [4.69, 9.17) is 5.11 Å². The third-order valence-electron chi connectivity index (χ3n) is 3.43. The highest BCUT2D eigenvalue weighted by Crippen LogP contribution is 2.30. The molecule has 1 aromatic heterocycles. The van der Waals surface area contributed by atoms with Crippen molar-refractivity contribution < 1.29 is 14.7 Å². The summed E-state index contributed by atoms with van der Waals surface area (Å²) in [5.74, 6) is -1.17. The second-order valence-corrected chi connectivity index (χ2v) is 4.96. The monoisotopic (exact) mass is 265 g/mol. The van der Waals surface area contributed by atoms with Crippen LogP contribution in [-0.2, 0) is 16.1 Å². The Morgan fingerprint density at radius 1 is 1.53 bits per heavy atom. The highest BCUT2D eigenvalue weighted by molar-refractivity contribution is 5.80. The number of rotatable bonds is 3. The summed E-state index contributed by atoms with van der Waals surface area (Å²) < 4.78 is 1.21. The lowest BCUT2D eigenvalue weighted by molar-refractivity contribution is -0.147. The fraction of sp³-hybridized carbons (Fsp3) is 0.500.